The first-order chi connectivity index (χ1) is 3.81. The van der Waals surface area contributed by atoms with Gasteiger partial charge in [-0.1, -0.05) is 12.8 Å². The predicted molar refractivity (Wildman–Crippen MR) is 34.6 cm³/mol. The molecule has 0 saturated heterocycles. The molecule has 3 N–H and O–H groups in total. The van der Waals surface area contributed by atoms with Crippen LogP contribution < -0.4 is 5.73 Å². The van der Waals surface area contributed by atoms with Gasteiger partial charge >= 0.3 is 0 Å². The van der Waals surface area contributed by atoms with Gasteiger partial charge in [0.15, 0.2) is 0 Å². The van der Waals surface area contributed by atoms with E-state index in [1.807, 2.05) is 6.92 Å². The summed E-state index contributed by atoms with van der Waals surface area (Å²) < 4.78 is 0. The molecule has 0 radical (unpaired) electrons. The zero-order chi connectivity index (χ0) is 6.41. The second kappa shape index (κ2) is 4.20. The normalized spacial score (nSPS) is 7.12. The Balaban J connectivity index is 3.35. The summed E-state index contributed by atoms with van der Waals surface area (Å²) >= 11 is 0. The van der Waals surface area contributed by atoms with Gasteiger partial charge in [-0.25, -0.2) is 0 Å². The summed E-state index contributed by atoms with van der Waals surface area (Å²) in [7, 11) is 0. The minimum atomic E-state index is 0.521. The molecule has 0 bridgehead atoms. The first-order valence-corrected chi connectivity index (χ1v) is 2.56. The molecule has 0 aliphatic rings. The van der Waals surface area contributed by atoms with E-state index in [0.717, 1.165) is 6.42 Å². The SMILES string of the molecule is CCC(=N)CC#CN. The van der Waals surface area contributed by atoms with Gasteiger partial charge in [-0.15, -0.1) is 0 Å². The summed E-state index contributed by atoms with van der Waals surface area (Å²) in [6.45, 7) is 1.93. The fourth-order valence-corrected chi connectivity index (χ4v) is 0.283. The van der Waals surface area contributed by atoms with Crippen molar-refractivity contribution in [3.8, 4) is 12.0 Å². The molecule has 2 nitrogen and oxygen atoms in total. The Morgan fingerprint density at radius 3 is 2.75 bits per heavy atom. The molecule has 2 heteroatoms. The zero-order valence-corrected chi connectivity index (χ0v) is 4.99. The van der Waals surface area contributed by atoms with E-state index in [1.54, 1.807) is 0 Å². The van der Waals surface area contributed by atoms with Crippen LogP contribution in [0, 0.1) is 17.4 Å². The highest BCUT2D eigenvalue weighted by Gasteiger charge is 1.84. The third-order valence-corrected chi connectivity index (χ3v) is 0.831. The van der Waals surface area contributed by atoms with Gasteiger partial charge in [0.1, 0.15) is 0 Å². The molecule has 8 heavy (non-hydrogen) atoms. The number of hydrogen-bond donors (Lipinski definition) is 2. The van der Waals surface area contributed by atoms with E-state index in [-0.39, 0.29) is 0 Å². The molecule has 0 aliphatic heterocycles. The van der Waals surface area contributed by atoms with Crippen molar-refractivity contribution in [2.24, 2.45) is 5.73 Å². The molecule has 0 fully saturated rings. The van der Waals surface area contributed by atoms with Crippen molar-refractivity contribution in [3.05, 3.63) is 0 Å². The maximum absolute atomic E-state index is 7.08. The van der Waals surface area contributed by atoms with E-state index in [0.29, 0.717) is 12.1 Å². The van der Waals surface area contributed by atoms with Crippen LogP contribution in [0.25, 0.3) is 0 Å². The molecule has 0 aromatic heterocycles. The quantitative estimate of drug-likeness (QED) is 0.307. The highest BCUT2D eigenvalue weighted by atomic mass is 14.5. The van der Waals surface area contributed by atoms with Crippen LogP contribution in [0.2, 0.25) is 0 Å². The standard InChI is InChI=1S/C6H10N2/c1-2-6(8)4-3-5-7/h8H,2,4,7H2,1H3. The van der Waals surface area contributed by atoms with Crippen LogP contribution in [0.3, 0.4) is 0 Å². The van der Waals surface area contributed by atoms with Gasteiger partial charge in [-0.2, -0.15) is 0 Å². The first-order valence-electron chi connectivity index (χ1n) is 2.56. The summed E-state index contributed by atoms with van der Waals surface area (Å²) in [6, 6.07) is 2.24. The summed E-state index contributed by atoms with van der Waals surface area (Å²) in [5, 5.41) is 7.08. The van der Waals surface area contributed by atoms with Crippen molar-refractivity contribution in [3.63, 3.8) is 0 Å². The van der Waals surface area contributed by atoms with Crippen molar-refractivity contribution < 1.29 is 0 Å². The second-order valence-corrected chi connectivity index (χ2v) is 1.45. The van der Waals surface area contributed by atoms with Crippen LogP contribution in [-0.2, 0) is 0 Å². The molecule has 0 saturated carbocycles. The van der Waals surface area contributed by atoms with Crippen molar-refractivity contribution >= 4 is 5.71 Å². The van der Waals surface area contributed by atoms with Crippen LogP contribution >= 0.6 is 0 Å². The topological polar surface area (TPSA) is 49.9 Å². The lowest BCUT2D eigenvalue weighted by molar-refractivity contribution is 1.19. The Labute approximate surface area is 49.6 Å². The molecule has 0 aliphatic carbocycles. The van der Waals surface area contributed by atoms with E-state index in [1.165, 1.54) is 0 Å². The van der Waals surface area contributed by atoms with Crippen molar-refractivity contribution in [2.45, 2.75) is 19.8 Å². The Morgan fingerprint density at radius 1 is 1.75 bits per heavy atom. The smallest absolute Gasteiger partial charge is 0.0485 e. The highest BCUT2D eigenvalue weighted by molar-refractivity contribution is 5.83. The molecular formula is C6H10N2. The number of nitrogens with two attached hydrogens (primary N) is 1. The van der Waals surface area contributed by atoms with Gasteiger partial charge in [0, 0.05) is 18.2 Å². The van der Waals surface area contributed by atoms with E-state index in [9.17, 15) is 0 Å². The molecule has 0 amide bonds. The fraction of sp³-hybridized carbons (Fsp3) is 0.500. The van der Waals surface area contributed by atoms with Gasteiger partial charge in [0.25, 0.3) is 0 Å². The Kier molecular flexibility index (Phi) is 3.69. The zero-order valence-electron chi connectivity index (χ0n) is 4.99. The minimum absolute atomic E-state index is 0.521. The van der Waals surface area contributed by atoms with E-state index < -0.39 is 0 Å². The average Bonchev–Trinajstić information content (AvgIpc) is 1.83. The maximum Gasteiger partial charge on any atom is 0.0485 e. The van der Waals surface area contributed by atoms with E-state index >= 15 is 0 Å². The Bertz CT molecular complexity index is 127. The van der Waals surface area contributed by atoms with Crippen LogP contribution in [0.1, 0.15) is 19.8 Å². The number of rotatable bonds is 2. The first kappa shape index (κ1) is 7.03. The average molecular weight is 110 g/mol. The minimum Gasteiger partial charge on any atom is -0.359 e. The van der Waals surface area contributed by atoms with E-state index in [4.69, 9.17) is 11.1 Å². The third kappa shape index (κ3) is 3.23. The van der Waals surface area contributed by atoms with Crippen LogP contribution in [-0.4, -0.2) is 5.71 Å². The van der Waals surface area contributed by atoms with Crippen molar-refractivity contribution in [1.29, 1.82) is 5.41 Å². The lowest BCUT2D eigenvalue weighted by Crippen LogP contribution is -1.90. The largest absolute Gasteiger partial charge is 0.359 e. The van der Waals surface area contributed by atoms with E-state index in [2.05, 4.69) is 12.0 Å². The monoisotopic (exact) mass is 110 g/mol. The lowest BCUT2D eigenvalue weighted by Gasteiger charge is -1.87. The molecular weight excluding hydrogens is 100 g/mol. The summed E-state index contributed by atoms with van der Waals surface area (Å²) in [6.07, 6.45) is 1.29. The maximum atomic E-state index is 7.08. The summed E-state index contributed by atoms with van der Waals surface area (Å²) in [4.78, 5) is 0. The Hall–Kier alpha value is -0.970. The van der Waals surface area contributed by atoms with Gasteiger partial charge in [-0.05, 0) is 6.42 Å². The van der Waals surface area contributed by atoms with Gasteiger partial charge in [0.05, 0.1) is 0 Å². The van der Waals surface area contributed by atoms with Crippen LogP contribution in [0.4, 0.5) is 0 Å². The van der Waals surface area contributed by atoms with Crippen molar-refractivity contribution in [2.75, 3.05) is 0 Å². The third-order valence-electron chi connectivity index (χ3n) is 0.831. The van der Waals surface area contributed by atoms with Crippen LogP contribution in [0.5, 0.6) is 0 Å². The molecule has 0 unspecified atom stereocenters. The van der Waals surface area contributed by atoms with Crippen molar-refractivity contribution in [1.82, 2.24) is 0 Å². The molecule has 0 spiro atoms. The number of nitrogens with one attached hydrogen (secondary N) is 1. The van der Waals surface area contributed by atoms with Gasteiger partial charge < -0.3 is 11.1 Å². The molecule has 0 heterocycles. The summed E-state index contributed by atoms with van der Waals surface area (Å²) in [5.41, 5.74) is 5.52. The Morgan fingerprint density at radius 2 is 2.38 bits per heavy atom. The summed E-state index contributed by atoms with van der Waals surface area (Å²) in [5.74, 6) is 2.60. The molecule has 0 rings (SSSR count). The second-order valence-electron chi connectivity index (χ2n) is 1.45. The molecule has 44 valence electrons. The molecule has 0 aromatic rings. The molecule has 0 atom stereocenters. The van der Waals surface area contributed by atoms with Crippen LogP contribution in [0.15, 0.2) is 0 Å². The highest BCUT2D eigenvalue weighted by Crippen LogP contribution is 1.84. The predicted octanol–water partition coefficient (Wildman–Crippen LogP) is 0.726. The molecule has 0 aromatic carbocycles. The van der Waals surface area contributed by atoms with Gasteiger partial charge in [-0.3, -0.25) is 0 Å². The number of hydrogen-bond acceptors (Lipinski definition) is 2. The fourth-order valence-electron chi connectivity index (χ4n) is 0.283. The van der Waals surface area contributed by atoms with Gasteiger partial charge in [0.2, 0.25) is 0 Å². The lowest BCUT2D eigenvalue weighted by atomic mass is 10.2.